The zero-order chi connectivity index (χ0) is 12.3. The van der Waals surface area contributed by atoms with Gasteiger partial charge in [-0.3, -0.25) is 4.68 Å². The third-order valence-corrected chi connectivity index (χ3v) is 2.71. The summed E-state index contributed by atoms with van der Waals surface area (Å²) in [6, 6.07) is 7.86. The number of hydrogen-bond acceptors (Lipinski definition) is 3. The van der Waals surface area contributed by atoms with Crippen LogP contribution in [0.1, 0.15) is 22.8 Å². The largest absolute Gasteiger partial charge is 0.386 e. The van der Waals surface area contributed by atoms with Crippen molar-refractivity contribution >= 4 is 0 Å². The Hall–Kier alpha value is -1.65. The number of nitrogens with zero attached hydrogens (tertiary/aromatic N) is 2. The molecule has 0 saturated carbocycles. The number of aliphatic hydroxyl groups excluding tert-OH is 1. The first-order chi connectivity index (χ1) is 8.19. The normalized spacial score (nSPS) is 12.6. The molecular weight excluding hydrogens is 214 g/mol. The van der Waals surface area contributed by atoms with Gasteiger partial charge in [0, 0.05) is 18.3 Å². The molecule has 0 aliphatic rings. The molecule has 1 unspecified atom stereocenters. The van der Waals surface area contributed by atoms with Crippen molar-refractivity contribution in [2.75, 3.05) is 0 Å². The van der Waals surface area contributed by atoms with E-state index >= 15 is 0 Å². The Labute approximate surface area is 101 Å². The van der Waals surface area contributed by atoms with E-state index in [2.05, 4.69) is 5.10 Å². The smallest absolute Gasteiger partial charge is 0.0985 e. The molecule has 1 aromatic heterocycles. The highest BCUT2D eigenvalue weighted by Gasteiger charge is 2.09. The first-order valence-corrected chi connectivity index (χ1v) is 5.65. The Balaban J connectivity index is 2.08. The van der Waals surface area contributed by atoms with E-state index in [0.717, 1.165) is 16.7 Å². The number of aliphatic hydroxyl groups is 1. The van der Waals surface area contributed by atoms with Gasteiger partial charge in [0.15, 0.2) is 0 Å². The second-order valence-corrected chi connectivity index (χ2v) is 4.20. The molecule has 1 atom stereocenters. The van der Waals surface area contributed by atoms with Crippen LogP contribution in [0.15, 0.2) is 36.7 Å². The maximum Gasteiger partial charge on any atom is 0.0985 e. The van der Waals surface area contributed by atoms with Crippen LogP contribution in [0.3, 0.4) is 0 Å². The number of rotatable bonds is 4. The third-order valence-electron chi connectivity index (χ3n) is 2.71. The molecule has 0 radical (unpaired) electrons. The molecule has 0 bridgehead atoms. The Morgan fingerprint density at radius 2 is 2.29 bits per heavy atom. The summed E-state index contributed by atoms with van der Waals surface area (Å²) in [5.74, 6) is 0. The molecule has 4 heteroatoms. The van der Waals surface area contributed by atoms with E-state index in [1.807, 2.05) is 37.4 Å². The molecule has 0 saturated heterocycles. The highest BCUT2D eigenvalue weighted by molar-refractivity contribution is 5.24. The average Bonchev–Trinajstić information content (AvgIpc) is 2.77. The van der Waals surface area contributed by atoms with E-state index in [4.69, 9.17) is 5.73 Å². The highest BCUT2D eigenvalue weighted by atomic mass is 16.3. The summed E-state index contributed by atoms with van der Waals surface area (Å²) in [6.45, 7) is 2.93. The van der Waals surface area contributed by atoms with Crippen LogP contribution in [-0.2, 0) is 13.1 Å². The molecule has 0 spiro atoms. The lowest BCUT2D eigenvalue weighted by Crippen LogP contribution is -2.09. The van der Waals surface area contributed by atoms with E-state index in [1.54, 1.807) is 10.9 Å². The van der Waals surface area contributed by atoms with Crippen LogP contribution in [0.4, 0.5) is 0 Å². The fourth-order valence-electron chi connectivity index (χ4n) is 1.77. The van der Waals surface area contributed by atoms with E-state index < -0.39 is 6.10 Å². The lowest BCUT2D eigenvalue weighted by atomic mass is 10.1. The molecule has 1 heterocycles. The van der Waals surface area contributed by atoms with Crippen molar-refractivity contribution in [2.24, 2.45) is 5.73 Å². The number of hydrogen-bond donors (Lipinski definition) is 2. The lowest BCUT2D eigenvalue weighted by molar-refractivity contribution is 0.151. The molecule has 4 nitrogen and oxygen atoms in total. The maximum atomic E-state index is 10.1. The minimum Gasteiger partial charge on any atom is -0.386 e. The van der Waals surface area contributed by atoms with E-state index in [-0.39, 0.29) is 0 Å². The van der Waals surface area contributed by atoms with E-state index in [0.29, 0.717) is 13.1 Å². The van der Waals surface area contributed by atoms with Crippen LogP contribution in [0.5, 0.6) is 0 Å². The van der Waals surface area contributed by atoms with Crippen molar-refractivity contribution < 1.29 is 5.11 Å². The van der Waals surface area contributed by atoms with Crippen molar-refractivity contribution in [1.29, 1.82) is 0 Å². The number of nitrogens with two attached hydrogens (primary N) is 1. The summed E-state index contributed by atoms with van der Waals surface area (Å²) in [6.07, 6.45) is 3.04. The molecule has 0 aliphatic heterocycles. The maximum absolute atomic E-state index is 10.1. The van der Waals surface area contributed by atoms with Crippen molar-refractivity contribution in [3.63, 3.8) is 0 Å². The van der Waals surface area contributed by atoms with Crippen LogP contribution in [-0.4, -0.2) is 14.9 Å². The average molecular weight is 231 g/mol. The van der Waals surface area contributed by atoms with Crippen molar-refractivity contribution in [2.45, 2.75) is 26.1 Å². The number of aryl methyl sites for hydroxylation is 1. The lowest BCUT2D eigenvalue weighted by Gasteiger charge is -2.11. The van der Waals surface area contributed by atoms with Crippen molar-refractivity contribution in [3.8, 4) is 0 Å². The minimum absolute atomic E-state index is 0.448. The monoisotopic (exact) mass is 231 g/mol. The fourth-order valence-corrected chi connectivity index (χ4v) is 1.77. The fraction of sp³-hybridized carbons (Fsp3) is 0.308. The van der Waals surface area contributed by atoms with Gasteiger partial charge in [-0.15, -0.1) is 0 Å². The Morgan fingerprint density at radius 3 is 2.94 bits per heavy atom. The third kappa shape index (κ3) is 2.93. The second kappa shape index (κ2) is 5.12. The van der Waals surface area contributed by atoms with Gasteiger partial charge in [-0.05, 0) is 12.5 Å². The summed E-state index contributed by atoms with van der Waals surface area (Å²) >= 11 is 0. The van der Waals surface area contributed by atoms with Crippen molar-refractivity contribution in [3.05, 3.63) is 53.3 Å². The zero-order valence-corrected chi connectivity index (χ0v) is 9.87. The first-order valence-electron chi connectivity index (χ1n) is 5.65. The molecule has 0 amide bonds. The summed E-state index contributed by atoms with van der Waals surface area (Å²) in [5.41, 5.74) is 8.54. The molecule has 90 valence electrons. The Kier molecular flexibility index (Phi) is 3.56. The second-order valence-electron chi connectivity index (χ2n) is 4.20. The Morgan fingerprint density at radius 1 is 1.47 bits per heavy atom. The first kappa shape index (κ1) is 11.8. The van der Waals surface area contributed by atoms with E-state index in [1.165, 1.54) is 0 Å². The summed E-state index contributed by atoms with van der Waals surface area (Å²) < 4.78 is 1.72. The predicted molar refractivity (Wildman–Crippen MR) is 66.3 cm³/mol. The summed E-state index contributed by atoms with van der Waals surface area (Å²) in [7, 11) is 0. The molecule has 2 aromatic rings. The van der Waals surface area contributed by atoms with Gasteiger partial charge in [-0.1, -0.05) is 29.8 Å². The van der Waals surface area contributed by atoms with Gasteiger partial charge in [0.25, 0.3) is 0 Å². The molecule has 0 aliphatic carbocycles. The van der Waals surface area contributed by atoms with Gasteiger partial charge < -0.3 is 10.8 Å². The van der Waals surface area contributed by atoms with Gasteiger partial charge in [0.1, 0.15) is 0 Å². The van der Waals surface area contributed by atoms with Crippen LogP contribution in [0.2, 0.25) is 0 Å². The van der Waals surface area contributed by atoms with Crippen LogP contribution in [0.25, 0.3) is 0 Å². The van der Waals surface area contributed by atoms with Crippen molar-refractivity contribution in [1.82, 2.24) is 9.78 Å². The SMILES string of the molecule is Cc1cccc(C(O)Cn2cc(CN)cn2)c1. The quantitative estimate of drug-likeness (QED) is 0.835. The van der Waals surface area contributed by atoms with Gasteiger partial charge in [0.05, 0.1) is 18.8 Å². The van der Waals surface area contributed by atoms with Crippen LogP contribution >= 0.6 is 0 Å². The van der Waals surface area contributed by atoms with Gasteiger partial charge in [0.2, 0.25) is 0 Å². The molecule has 0 fully saturated rings. The molecule has 2 rings (SSSR count). The predicted octanol–water partition coefficient (Wildman–Crippen LogP) is 1.38. The Bertz CT molecular complexity index is 493. The molecule has 1 aromatic carbocycles. The van der Waals surface area contributed by atoms with E-state index in [9.17, 15) is 5.11 Å². The number of aromatic nitrogens is 2. The molecular formula is C13H17N3O. The standard InChI is InChI=1S/C13H17N3O/c1-10-3-2-4-12(5-10)13(17)9-16-8-11(6-14)7-15-16/h2-5,7-8,13,17H,6,9,14H2,1H3. The molecule has 17 heavy (non-hydrogen) atoms. The number of benzene rings is 1. The van der Waals surface area contributed by atoms with Gasteiger partial charge in [-0.2, -0.15) is 5.10 Å². The zero-order valence-electron chi connectivity index (χ0n) is 9.87. The highest BCUT2D eigenvalue weighted by Crippen LogP contribution is 2.16. The van der Waals surface area contributed by atoms with Crippen LogP contribution in [0, 0.1) is 6.92 Å². The molecule has 3 N–H and O–H groups in total. The minimum atomic E-state index is -0.541. The summed E-state index contributed by atoms with van der Waals surface area (Å²) in [5, 5.41) is 14.2. The van der Waals surface area contributed by atoms with Gasteiger partial charge >= 0.3 is 0 Å². The van der Waals surface area contributed by atoms with Crippen LogP contribution < -0.4 is 5.73 Å². The van der Waals surface area contributed by atoms with Gasteiger partial charge in [-0.25, -0.2) is 0 Å². The topological polar surface area (TPSA) is 64.1 Å². The summed E-state index contributed by atoms with van der Waals surface area (Å²) in [4.78, 5) is 0.